The number of nitro benzene ring substituents is 1. The van der Waals surface area contributed by atoms with Crippen LogP contribution in [0.25, 0.3) is 10.9 Å². The van der Waals surface area contributed by atoms with Crippen LogP contribution in [0, 0.1) is 34.1 Å². The Morgan fingerprint density at radius 2 is 1.64 bits per heavy atom. The molecule has 0 radical (unpaired) electrons. The van der Waals surface area contributed by atoms with Gasteiger partial charge < -0.3 is 10.1 Å². The van der Waals surface area contributed by atoms with E-state index >= 15 is 0 Å². The molecule has 1 heterocycles. The van der Waals surface area contributed by atoms with Crippen LogP contribution in [0.5, 0.6) is 5.75 Å². The molecule has 114 valence electrons. The molecule has 0 amide bonds. The maximum absolute atomic E-state index is 12.3. The highest BCUT2D eigenvalue weighted by atomic mass is 16.6. The van der Waals surface area contributed by atoms with Gasteiger partial charge in [-0.15, -0.1) is 0 Å². The second kappa shape index (κ2) is 4.91. The number of nitro groups is 2. The normalized spacial score (nSPS) is 10.6. The highest BCUT2D eigenvalue weighted by Gasteiger charge is 2.29. The Kier molecular flexibility index (Phi) is 3.37. The summed E-state index contributed by atoms with van der Waals surface area (Å²) in [6.07, 6.45) is 0. The zero-order valence-corrected chi connectivity index (χ0v) is 11.4. The summed E-state index contributed by atoms with van der Waals surface area (Å²) in [5, 5.41) is 31.1. The number of aromatic amines is 1. The number of hydrogen-bond acceptors (Lipinski definition) is 7. The van der Waals surface area contributed by atoms with Gasteiger partial charge in [0.2, 0.25) is 0 Å². The Morgan fingerprint density at radius 1 is 1.09 bits per heavy atom. The number of nitrogens with zero attached hydrogens (tertiary/aromatic N) is 2. The second-order valence-electron chi connectivity index (χ2n) is 4.58. The quantitative estimate of drug-likeness (QED) is 0.619. The fourth-order valence-electron chi connectivity index (χ4n) is 2.14. The van der Waals surface area contributed by atoms with E-state index in [2.05, 4.69) is 4.98 Å². The molecule has 0 aliphatic heterocycles. The molecule has 1 aromatic carbocycles. The first kappa shape index (κ1) is 15.1. The summed E-state index contributed by atoms with van der Waals surface area (Å²) in [6, 6.07) is 1.28. The van der Waals surface area contributed by atoms with Crippen molar-refractivity contribution in [2.24, 2.45) is 0 Å². The van der Waals surface area contributed by atoms with Crippen LogP contribution in [-0.4, -0.2) is 19.9 Å². The lowest BCUT2D eigenvalue weighted by atomic mass is 10.0. The van der Waals surface area contributed by atoms with E-state index < -0.39 is 43.3 Å². The van der Waals surface area contributed by atoms with E-state index in [4.69, 9.17) is 0 Å². The van der Waals surface area contributed by atoms with Gasteiger partial charge in [0.05, 0.1) is 15.4 Å². The van der Waals surface area contributed by atoms with Gasteiger partial charge >= 0.3 is 5.69 Å². The van der Waals surface area contributed by atoms with Crippen molar-refractivity contribution in [1.82, 2.24) is 4.98 Å². The summed E-state index contributed by atoms with van der Waals surface area (Å²) in [5.74, 6) is -1.39. The van der Waals surface area contributed by atoms with Crippen LogP contribution in [0.2, 0.25) is 0 Å². The Hall–Kier alpha value is -3.30. The molecule has 0 fully saturated rings. The number of aromatic hydroxyl groups is 1. The highest BCUT2D eigenvalue weighted by molar-refractivity contribution is 5.91. The molecule has 10 heteroatoms. The molecule has 0 saturated carbocycles. The maximum atomic E-state index is 12.3. The highest BCUT2D eigenvalue weighted by Crippen LogP contribution is 2.30. The molecule has 1 aromatic heterocycles. The van der Waals surface area contributed by atoms with Gasteiger partial charge in [-0.2, -0.15) is 0 Å². The molecule has 2 aromatic rings. The molecular formula is C12H9N3O7. The number of aromatic nitrogens is 1. The van der Waals surface area contributed by atoms with Gasteiger partial charge in [-0.25, -0.2) is 0 Å². The fraction of sp³-hybridized carbons (Fsp3) is 0.167. The number of benzene rings is 1. The molecule has 0 aliphatic rings. The Morgan fingerprint density at radius 3 is 2.14 bits per heavy atom. The van der Waals surface area contributed by atoms with Crippen molar-refractivity contribution in [2.75, 3.05) is 0 Å². The topological polar surface area (TPSA) is 156 Å². The standard InChI is InChI=1S/C12H9N3O7/c1-4-3-6-7(8(5(4)2)14(19)20)10(16)9(15(21)22)11(17)12(18)13-6/h3,17H,1-2H3,(H,13,18). The number of nitrogens with one attached hydrogen (secondary N) is 1. The largest absolute Gasteiger partial charge is 0.498 e. The Balaban J connectivity index is 3.34. The summed E-state index contributed by atoms with van der Waals surface area (Å²) < 4.78 is 0. The Bertz CT molecular complexity index is 962. The maximum Gasteiger partial charge on any atom is 0.364 e. The van der Waals surface area contributed by atoms with Crippen LogP contribution in [0.1, 0.15) is 11.1 Å². The minimum atomic E-state index is -1.40. The van der Waals surface area contributed by atoms with Gasteiger partial charge in [0.1, 0.15) is 5.39 Å². The van der Waals surface area contributed by atoms with E-state index in [0.29, 0.717) is 5.56 Å². The molecule has 22 heavy (non-hydrogen) atoms. The summed E-state index contributed by atoms with van der Waals surface area (Å²) in [7, 11) is 0. The zero-order chi connectivity index (χ0) is 16.8. The predicted octanol–water partition coefficient (Wildman–Crippen LogP) is 1.03. The van der Waals surface area contributed by atoms with Gasteiger partial charge in [0.15, 0.2) is 0 Å². The van der Waals surface area contributed by atoms with Crippen molar-refractivity contribution < 1.29 is 15.0 Å². The van der Waals surface area contributed by atoms with Crippen LogP contribution in [0.3, 0.4) is 0 Å². The third-order valence-corrected chi connectivity index (χ3v) is 3.31. The van der Waals surface area contributed by atoms with Gasteiger partial charge in [-0.1, -0.05) is 0 Å². The first-order valence-corrected chi connectivity index (χ1v) is 5.89. The molecule has 2 N–H and O–H groups in total. The molecule has 0 aliphatic carbocycles. The number of hydrogen-bond donors (Lipinski definition) is 2. The first-order valence-electron chi connectivity index (χ1n) is 5.89. The fourth-order valence-corrected chi connectivity index (χ4v) is 2.14. The van der Waals surface area contributed by atoms with Crippen molar-refractivity contribution in [3.8, 4) is 5.75 Å². The van der Waals surface area contributed by atoms with E-state index in [1.54, 1.807) is 0 Å². The lowest BCUT2D eigenvalue weighted by Gasteiger charge is -2.03. The van der Waals surface area contributed by atoms with Gasteiger partial charge in [0.25, 0.3) is 22.4 Å². The minimum absolute atomic E-state index is 0.135. The third-order valence-electron chi connectivity index (χ3n) is 3.31. The smallest absolute Gasteiger partial charge is 0.364 e. The van der Waals surface area contributed by atoms with Crippen molar-refractivity contribution in [3.05, 3.63) is 58.0 Å². The molecule has 0 unspecified atom stereocenters. The van der Waals surface area contributed by atoms with E-state index in [1.807, 2.05) is 0 Å². The summed E-state index contributed by atoms with van der Waals surface area (Å²) in [6.45, 7) is 2.90. The monoisotopic (exact) mass is 307 g/mol. The summed E-state index contributed by atoms with van der Waals surface area (Å²) in [4.78, 5) is 46.1. The van der Waals surface area contributed by atoms with E-state index in [1.165, 1.54) is 19.9 Å². The zero-order valence-electron chi connectivity index (χ0n) is 11.4. The van der Waals surface area contributed by atoms with Gasteiger partial charge in [0, 0.05) is 5.56 Å². The molecular weight excluding hydrogens is 298 g/mol. The average Bonchev–Trinajstić information content (AvgIpc) is 2.48. The van der Waals surface area contributed by atoms with Crippen LogP contribution in [-0.2, 0) is 0 Å². The number of H-pyrrole nitrogens is 1. The van der Waals surface area contributed by atoms with E-state index in [-0.39, 0.29) is 11.1 Å². The molecule has 0 bridgehead atoms. The minimum Gasteiger partial charge on any atom is -0.498 e. The van der Waals surface area contributed by atoms with Crippen molar-refractivity contribution in [3.63, 3.8) is 0 Å². The van der Waals surface area contributed by atoms with E-state index in [9.17, 15) is 34.9 Å². The number of aryl methyl sites for hydroxylation is 1. The second-order valence-corrected chi connectivity index (χ2v) is 4.58. The lowest BCUT2D eigenvalue weighted by Crippen LogP contribution is -2.10. The lowest BCUT2D eigenvalue weighted by molar-refractivity contribution is -0.387. The first-order chi connectivity index (χ1) is 10.2. The van der Waals surface area contributed by atoms with E-state index in [0.717, 1.165) is 0 Å². The van der Waals surface area contributed by atoms with Gasteiger partial charge in [-0.3, -0.25) is 29.8 Å². The molecule has 10 nitrogen and oxygen atoms in total. The van der Waals surface area contributed by atoms with Gasteiger partial charge in [-0.05, 0) is 25.5 Å². The molecule has 0 atom stereocenters. The van der Waals surface area contributed by atoms with Crippen LogP contribution >= 0.6 is 0 Å². The third kappa shape index (κ3) is 2.06. The molecule has 2 rings (SSSR count). The van der Waals surface area contributed by atoms with Crippen molar-refractivity contribution >= 4 is 22.3 Å². The Labute approximate surface area is 120 Å². The van der Waals surface area contributed by atoms with Crippen LogP contribution in [0.15, 0.2) is 15.7 Å². The SMILES string of the molecule is Cc1cc2[nH]c(=O)c(O)c([N+](=O)[O-])c(=O)c2c([N+](=O)[O-])c1C. The number of rotatable bonds is 2. The van der Waals surface area contributed by atoms with Crippen LogP contribution < -0.4 is 11.0 Å². The molecule has 0 saturated heterocycles. The van der Waals surface area contributed by atoms with Crippen molar-refractivity contribution in [1.29, 1.82) is 0 Å². The van der Waals surface area contributed by atoms with Crippen molar-refractivity contribution in [2.45, 2.75) is 13.8 Å². The summed E-state index contributed by atoms with van der Waals surface area (Å²) in [5.41, 5.74) is -4.44. The number of fused-ring (bicyclic) bond motifs is 1. The predicted molar refractivity (Wildman–Crippen MR) is 75.3 cm³/mol. The van der Waals surface area contributed by atoms with Crippen LogP contribution in [0.4, 0.5) is 11.4 Å². The molecule has 0 spiro atoms. The average molecular weight is 307 g/mol. The summed E-state index contributed by atoms with van der Waals surface area (Å²) >= 11 is 0.